The van der Waals surface area contributed by atoms with Crippen molar-refractivity contribution >= 4 is 0 Å². The van der Waals surface area contributed by atoms with E-state index in [9.17, 15) is 4.39 Å². The summed E-state index contributed by atoms with van der Waals surface area (Å²) < 4.78 is 17.8. The third-order valence-corrected chi connectivity index (χ3v) is 2.19. The van der Waals surface area contributed by atoms with Crippen LogP contribution in [0.15, 0.2) is 36.5 Å². The van der Waals surface area contributed by atoms with Gasteiger partial charge in [0.1, 0.15) is 0 Å². The molecule has 0 atom stereocenters. The molecule has 0 aliphatic rings. The van der Waals surface area contributed by atoms with E-state index in [1.165, 1.54) is 6.20 Å². The van der Waals surface area contributed by atoms with Crippen molar-refractivity contribution in [2.75, 3.05) is 7.11 Å². The number of aromatic nitrogens is 2. The Hall–Kier alpha value is -1.81. The fraction of sp³-hybridized carbons (Fsp3) is 0.167. The lowest BCUT2D eigenvalue weighted by molar-refractivity contribution is 0.185. The van der Waals surface area contributed by atoms with Crippen molar-refractivity contribution in [1.82, 2.24) is 9.97 Å². The SMILES string of the molecule is COCc1ccc(-c2ccnc(F)n2)cc1. The van der Waals surface area contributed by atoms with Gasteiger partial charge in [-0.05, 0) is 11.6 Å². The van der Waals surface area contributed by atoms with Crippen LogP contribution in [0.1, 0.15) is 5.56 Å². The molecule has 2 rings (SSSR count). The van der Waals surface area contributed by atoms with E-state index in [1.54, 1.807) is 13.2 Å². The van der Waals surface area contributed by atoms with Gasteiger partial charge in [0.05, 0.1) is 12.3 Å². The quantitative estimate of drug-likeness (QED) is 0.742. The summed E-state index contributed by atoms with van der Waals surface area (Å²) in [6, 6.07) is 9.30. The first-order valence-electron chi connectivity index (χ1n) is 4.86. The van der Waals surface area contributed by atoms with Crippen molar-refractivity contribution in [3.05, 3.63) is 48.2 Å². The number of nitrogens with zero attached hydrogens (tertiary/aromatic N) is 2. The smallest absolute Gasteiger partial charge is 0.309 e. The number of halogens is 1. The minimum absolute atomic E-state index is 0.568. The summed E-state index contributed by atoms with van der Waals surface area (Å²) in [5.74, 6) is 0. The molecule has 3 nitrogen and oxygen atoms in total. The molecule has 82 valence electrons. The summed E-state index contributed by atoms with van der Waals surface area (Å²) in [4.78, 5) is 7.12. The molecule has 1 aromatic carbocycles. The van der Waals surface area contributed by atoms with Crippen molar-refractivity contribution in [2.24, 2.45) is 0 Å². The van der Waals surface area contributed by atoms with Gasteiger partial charge >= 0.3 is 6.08 Å². The first-order valence-corrected chi connectivity index (χ1v) is 4.86. The summed E-state index contributed by atoms with van der Waals surface area (Å²) >= 11 is 0. The predicted molar refractivity (Wildman–Crippen MR) is 58.1 cm³/mol. The lowest BCUT2D eigenvalue weighted by Crippen LogP contribution is -1.91. The third-order valence-electron chi connectivity index (χ3n) is 2.19. The molecule has 0 fully saturated rings. The van der Waals surface area contributed by atoms with E-state index in [1.807, 2.05) is 24.3 Å². The van der Waals surface area contributed by atoms with Crippen LogP contribution in [0.5, 0.6) is 0 Å². The van der Waals surface area contributed by atoms with Gasteiger partial charge in [0.2, 0.25) is 0 Å². The van der Waals surface area contributed by atoms with Gasteiger partial charge in [0.25, 0.3) is 0 Å². The standard InChI is InChI=1S/C12H11FN2O/c1-16-8-9-2-4-10(5-3-9)11-6-7-14-12(13)15-11/h2-7H,8H2,1H3. The zero-order valence-electron chi connectivity index (χ0n) is 8.85. The maximum Gasteiger partial charge on any atom is 0.309 e. The molecule has 0 radical (unpaired) electrons. The summed E-state index contributed by atoms with van der Waals surface area (Å²) in [5.41, 5.74) is 2.51. The maximum atomic E-state index is 12.8. The van der Waals surface area contributed by atoms with Gasteiger partial charge in [-0.25, -0.2) is 9.97 Å². The van der Waals surface area contributed by atoms with Crippen LogP contribution in [0.3, 0.4) is 0 Å². The molecule has 4 heteroatoms. The first kappa shape index (κ1) is 10.7. The summed E-state index contributed by atoms with van der Waals surface area (Å²) in [5, 5.41) is 0. The molecule has 0 saturated carbocycles. The number of methoxy groups -OCH3 is 1. The van der Waals surface area contributed by atoms with Crippen molar-refractivity contribution < 1.29 is 9.13 Å². The van der Waals surface area contributed by atoms with E-state index >= 15 is 0 Å². The lowest BCUT2D eigenvalue weighted by Gasteiger charge is -2.02. The second-order valence-electron chi connectivity index (χ2n) is 3.34. The van der Waals surface area contributed by atoms with Gasteiger partial charge in [0, 0.05) is 18.9 Å². The van der Waals surface area contributed by atoms with E-state index in [0.717, 1.165) is 11.1 Å². The van der Waals surface area contributed by atoms with Crippen LogP contribution >= 0.6 is 0 Å². The third kappa shape index (κ3) is 2.41. The van der Waals surface area contributed by atoms with E-state index < -0.39 is 6.08 Å². The Bertz CT molecular complexity index is 471. The van der Waals surface area contributed by atoms with Crippen molar-refractivity contribution in [1.29, 1.82) is 0 Å². The molecule has 0 aliphatic heterocycles. The highest BCUT2D eigenvalue weighted by Gasteiger charge is 2.01. The van der Waals surface area contributed by atoms with Crippen LogP contribution in [0.25, 0.3) is 11.3 Å². The summed E-state index contributed by atoms with van der Waals surface area (Å²) in [6.07, 6.45) is 0.694. The van der Waals surface area contributed by atoms with Gasteiger partial charge in [0.15, 0.2) is 0 Å². The van der Waals surface area contributed by atoms with Gasteiger partial charge in [-0.3, -0.25) is 0 Å². The fourth-order valence-corrected chi connectivity index (χ4v) is 1.43. The highest BCUT2D eigenvalue weighted by atomic mass is 19.1. The molecule has 1 aromatic heterocycles. The number of rotatable bonds is 3. The Kier molecular flexibility index (Phi) is 3.22. The van der Waals surface area contributed by atoms with Gasteiger partial charge in [-0.2, -0.15) is 4.39 Å². The van der Waals surface area contributed by atoms with Gasteiger partial charge in [-0.1, -0.05) is 24.3 Å². The Balaban J connectivity index is 2.27. The molecule has 0 amide bonds. The lowest BCUT2D eigenvalue weighted by atomic mass is 10.1. The fourth-order valence-electron chi connectivity index (χ4n) is 1.43. The molecule has 0 spiro atoms. The minimum Gasteiger partial charge on any atom is -0.380 e. The predicted octanol–water partition coefficient (Wildman–Crippen LogP) is 2.43. The second kappa shape index (κ2) is 4.81. The zero-order valence-corrected chi connectivity index (χ0v) is 8.85. The number of benzene rings is 1. The summed E-state index contributed by atoms with van der Waals surface area (Å²) in [6.45, 7) is 0.568. The van der Waals surface area contributed by atoms with Crippen molar-refractivity contribution in [2.45, 2.75) is 6.61 Å². The molecule has 2 aromatic rings. The van der Waals surface area contributed by atoms with Crippen LogP contribution < -0.4 is 0 Å². The second-order valence-corrected chi connectivity index (χ2v) is 3.34. The van der Waals surface area contributed by atoms with Crippen LogP contribution in [0.4, 0.5) is 4.39 Å². The zero-order chi connectivity index (χ0) is 11.4. The highest BCUT2D eigenvalue weighted by Crippen LogP contribution is 2.17. The first-order chi connectivity index (χ1) is 7.79. The number of hydrogen-bond donors (Lipinski definition) is 0. The molecule has 0 unspecified atom stereocenters. The Morgan fingerprint density at radius 3 is 2.56 bits per heavy atom. The normalized spacial score (nSPS) is 10.4. The maximum absolute atomic E-state index is 12.8. The minimum atomic E-state index is -0.710. The highest BCUT2D eigenvalue weighted by molar-refractivity contribution is 5.58. The Morgan fingerprint density at radius 2 is 1.94 bits per heavy atom. The molecule has 1 heterocycles. The number of hydrogen-bond acceptors (Lipinski definition) is 3. The topological polar surface area (TPSA) is 35.0 Å². The monoisotopic (exact) mass is 218 g/mol. The molecule has 0 saturated heterocycles. The average molecular weight is 218 g/mol. The number of ether oxygens (including phenoxy) is 1. The van der Waals surface area contributed by atoms with Crippen LogP contribution in [0, 0.1) is 6.08 Å². The molecule has 0 N–H and O–H groups in total. The largest absolute Gasteiger partial charge is 0.380 e. The van der Waals surface area contributed by atoms with Crippen LogP contribution in [-0.4, -0.2) is 17.1 Å². The van der Waals surface area contributed by atoms with Crippen LogP contribution in [-0.2, 0) is 11.3 Å². The molecular weight excluding hydrogens is 207 g/mol. The van der Waals surface area contributed by atoms with E-state index in [2.05, 4.69) is 9.97 Å². The van der Waals surface area contributed by atoms with Crippen molar-refractivity contribution in [3.63, 3.8) is 0 Å². The molecular formula is C12H11FN2O. The van der Waals surface area contributed by atoms with E-state index in [-0.39, 0.29) is 0 Å². The molecule has 16 heavy (non-hydrogen) atoms. The summed E-state index contributed by atoms with van der Waals surface area (Å²) in [7, 11) is 1.65. The van der Waals surface area contributed by atoms with E-state index in [4.69, 9.17) is 4.74 Å². The van der Waals surface area contributed by atoms with Gasteiger partial charge in [-0.15, -0.1) is 0 Å². The van der Waals surface area contributed by atoms with E-state index in [0.29, 0.717) is 12.3 Å². The molecule has 0 bridgehead atoms. The molecule has 0 aliphatic carbocycles. The van der Waals surface area contributed by atoms with Gasteiger partial charge < -0.3 is 4.74 Å². The van der Waals surface area contributed by atoms with Crippen molar-refractivity contribution in [3.8, 4) is 11.3 Å². The van der Waals surface area contributed by atoms with Crippen LogP contribution in [0.2, 0.25) is 0 Å². The average Bonchev–Trinajstić information content (AvgIpc) is 2.30. The Labute approximate surface area is 92.9 Å². The Morgan fingerprint density at radius 1 is 1.19 bits per heavy atom.